The molecule has 0 fully saturated rings. The van der Waals surface area contributed by atoms with Crippen LogP contribution in [-0.4, -0.2) is 22.4 Å². The number of pyridine rings is 1. The average Bonchev–Trinajstić information content (AvgIpc) is 2.62. The number of benzene rings is 2. The van der Waals surface area contributed by atoms with E-state index in [9.17, 15) is 14.9 Å². The Kier molecular flexibility index (Phi) is 5.07. The van der Waals surface area contributed by atoms with Gasteiger partial charge in [-0.15, -0.1) is 0 Å². The lowest BCUT2D eigenvalue weighted by Gasteiger charge is -2.10. The number of aromatic nitrogens is 1. The number of nitro benzene ring substituents is 1. The second-order valence-electron chi connectivity index (χ2n) is 5.84. The molecule has 3 aromatic rings. The van der Waals surface area contributed by atoms with E-state index in [0.29, 0.717) is 17.4 Å². The van der Waals surface area contributed by atoms with Gasteiger partial charge in [0.25, 0.3) is 5.69 Å². The van der Waals surface area contributed by atoms with Crippen LogP contribution < -0.4 is 10.6 Å². The SMILES string of the molecule is CC(=O)Nc1ccc(CCNc2ccc([N+](=O)[O-])c3cccnc23)cc1. The van der Waals surface area contributed by atoms with Gasteiger partial charge in [-0.1, -0.05) is 12.1 Å². The summed E-state index contributed by atoms with van der Waals surface area (Å²) in [5.41, 5.74) is 3.28. The number of carbonyl (C=O) groups excluding carboxylic acids is 1. The van der Waals surface area contributed by atoms with Crippen molar-refractivity contribution in [3.63, 3.8) is 0 Å². The van der Waals surface area contributed by atoms with E-state index in [-0.39, 0.29) is 11.6 Å². The third-order valence-electron chi connectivity index (χ3n) is 3.95. The van der Waals surface area contributed by atoms with Gasteiger partial charge in [0.1, 0.15) is 5.52 Å². The smallest absolute Gasteiger partial charge is 0.278 e. The minimum atomic E-state index is -0.398. The summed E-state index contributed by atoms with van der Waals surface area (Å²) in [6.07, 6.45) is 2.39. The number of carbonyl (C=O) groups is 1. The van der Waals surface area contributed by atoms with E-state index in [2.05, 4.69) is 15.6 Å². The van der Waals surface area contributed by atoms with E-state index >= 15 is 0 Å². The summed E-state index contributed by atoms with van der Waals surface area (Å²) in [6, 6.07) is 14.2. The van der Waals surface area contributed by atoms with Crippen LogP contribution in [0.25, 0.3) is 10.9 Å². The molecule has 1 aromatic heterocycles. The van der Waals surface area contributed by atoms with Crippen molar-refractivity contribution in [3.05, 3.63) is 70.4 Å². The van der Waals surface area contributed by atoms with Gasteiger partial charge in [0, 0.05) is 31.4 Å². The Morgan fingerprint density at radius 1 is 1.15 bits per heavy atom. The summed E-state index contributed by atoms with van der Waals surface area (Å²) in [4.78, 5) is 26.1. The molecule has 26 heavy (non-hydrogen) atoms. The first kappa shape index (κ1) is 17.3. The molecule has 7 heteroatoms. The summed E-state index contributed by atoms with van der Waals surface area (Å²) in [5, 5.41) is 17.7. The van der Waals surface area contributed by atoms with Crippen LogP contribution in [0, 0.1) is 10.1 Å². The number of fused-ring (bicyclic) bond motifs is 1. The van der Waals surface area contributed by atoms with E-state index in [1.807, 2.05) is 24.3 Å². The molecule has 0 atom stereocenters. The van der Waals surface area contributed by atoms with E-state index in [1.165, 1.54) is 13.0 Å². The highest BCUT2D eigenvalue weighted by atomic mass is 16.6. The van der Waals surface area contributed by atoms with Gasteiger partial charge in [-0.25, -0.2) is 0 Å². The fraction of sp³-hybridized carbons (Fsp3) is 0.158. The fourth-order valence-corrected chi connectivity index (χ4v) is 2.76. The molecule has 0 aliphatic rings. The van der Waals surface area contributed by atoms with E-state index in [1.54, 1.807) is 24.4 Å². The summed E-state index contributed by atoms with van der Waals surface area (Å²) < 4.78 is 0. The molecule has 0 spiro atoms. The lowest BCUT2D eigenvalue weighted by Crippen LogP contribution is -2.07. The Morgan fingerprint density at radius 2 is 1.92 bits per heavy atom. The third kappa shape index (κ3) is 3.94. The molecule has 0 radical (unpaired) electrons. The standard InChI is InChI=1S/C19H18N4O3/c1-13(24)22-15-6-4-14(5-7-15)10-12-20-17-8-9-18(23(25)26)16-3-2-11-21-19(16)17/h2-9,11,20H,10,12H2,1H3,(H,22,24). The summed E-state index contributed by atoms with van der Waals surface area (Å²) in [6.45, 7) is 2.13. The van der Waals surface area contributed by atoms with Crippen LogP contribution in [0.1, 0.15) is 12.5 Å². The van der Waals surface area contributed by atoms with Gasteiger partial charge in [0.15, 0.2) is 0 Å². The van der Waals surface area contributed by atoms with Crippen molar-refractivity contribution in [1.29, 1.82) is 0 Å². The van der Waals surface area contributed by atoms with Gasteiger partial charge >= 0.3 is 0 Å². The first-order chi connectivity index (χ1) is 12.5. The predicted octanol–water partition coefficient (Wildman–Crippen LogP) is 3.76. The maximum Gasteiger partial charge on any atom is 0.278 e. The summed E-state index contributed by atoms with van der Waals surface area (Å²) in [5.74, 6) is -0.100. The second-order valence-corrected chi connectivity index (χ2v) is 5.84. The molecular weight excluding hydrogens is 332 g/mol. The van der Waals surface area contributed by atoms with Gasteiger partial charge in [-0.3, -0.25) is 19.9 Å². The molecule has 1 heterocycles. The van der Waals surface area contributed by atoms with E-state index in [4.69, 9.17) is 0 Å². The number of nitro groups is 1. The highest BCUT2D eigenvalue weighted by Crippen LogP contribution is 2.29. The van der Waals surface area contributed by atoms with Crippen LogP contribution in [0.4, 0.5) is 17.1 Å². The van der Waals surface area contributed by atoms with Gasteiger partial charge in [-0.2, -0.15) is 0 Å². The lowest BCUT2D eigenvalue weighted by atomic mass is 10.1. The van der Waals surface area contributed by atoms with Crippen molar-refractivity contribution in [3.8, 4) is 0 Å². The van der Waals surface area contributed by atoms with Crippen LogP contribution in [0.15, 0.2) is 54.7 Å². The molecular formula is C19H18N4O3. The Bertz CT molecular complexity index is 955. The number of nitrogens with zero attached hydrogens (tertiary/aromatic N) is 2. The molecule has 1 amide bonds. The Labute approximate surface area is 150 Å². The topological polar surface area (TPSA) is 97.2 Å². The first-order valence-corrected chi connectivity index (χ1v) is 8.17. The molecule has 0 saturated carbocycles. The molecule has 2 N–H and O–H groups in total. The van der Waals surface area contributed by atoms with E-state index < -0.39 is 4.92 Å². The molecule has 0 unspecified atom stereocenters. The monoisotopic (exact) mass is 350 g/mol. The zero-order valence-corrected chi connectivity index (χ0v) is 14.2. The summed E-state index contributed by atoms with van der Waals surface area (Å²) >= 11 is 0. The van der Waals surface area contributed by atoms with Crippen LogP contribution in [0.5, 0.6) is 0 Å². The Hall–Kier alpha value is -3.48. The number of non-ortho nitro benzene ring substituents is 1. The quantitative estimate of drug-likeness (QED) is 0.521. The number of nitrogens with one attached hydrogen (secondary N) is 2. The Balaban J connectivity index is 1.69. The predicted molar refractivity (Wildman–Crippen MR) is 101 cm³/mol. The molecule has 0 bridgehead atoms. The van der Waals surface area contributed by atoms with Crippen molar-refractivity contribution in [2.75, 3.05) is 17.2 Å². The highest BCUT2D eigenvalue weighted by molar-refractivity contribution is 5.96. The maximum absolute atomic E-state index is 11.2. The normalized spacial score (nSPS) is 10.5. The zero-order chi connectivity index (χ0) is 18.5. The Morgan fingerprint density at radius 3 is 2.62 bits per heavy atom. The average molecular weight is 350 g/mol. The minimum Gasteiger partial charge on any atom is -0.383 e. The maximum atomic E-state index is 11.2. The van der Waals surface area contributed by atoms with Crippen LogP contribution >= 0.6 is 0 Å². The van der Waals surface area contributed by atoms with Crippen LogP contribution in [-0.2, 0) is 11.2 Å². The molecule has 0 aliphatic carbocycles. The van der Waals surface area contributed by atoms with Gasteiger partial charge in [0.2, 0.25) is 5.91 Å². The van der Waals surface area contributed by atoms with Crippen molar-refractivity contribution < 1.29 is 9.72 Å². The van der Waals surface area contributed by atoms with Crippen molar-refractivity contribution in [1.82, 2.24) is 4.98 Å². The number of amides is 1. The van der Waals surface area contributed by atoms with Crippen molar-refractivity contribution in [2.45, 2.75) is 13.3 Å². The number of anilines is 2. The zero-order valence-electron chi connectivity index (χ0n) is 14.2. The largest absolute Gasteiger partial charge is 0.383 e. The van der Waals surface area contributed by atoms with Gasteiger partial charge in [0.05, 0.1) is 16.0 Å². The van der Waals surface area contributed by atoms with Gasteiger partial charge in [-0.05, 0) is 42.3 Å². The number of hydrogen-bond donors (Lipinski definition) is 2. The van der Waals surface area contributed by atoms with Crippen molar-refractivity contribution >= 4 is 33.9 Å². The molecule has 3 rings (SSSR count). The highest BCUT2D eigenvalue weighted by Gasteiger charge is 2.14. The van der Waals surface area contributed by atoms with Crippen LogP contribution in [0.2, 0.25) is 0 Å². The molecule has 7 nitrogen and oxygen atoms in total. The first-order valence-electron chi connectivity index (χ1n) is 8.17. The molecule has 0 aliphatic heterocycles. The molecule has 0 saturated heterocycles. The molecule has 132 valence electrons. The van der Waals surface area contributed by atoms with E-state index in [0.717, 1.165) is 23.4 Å². The minimum absolute atomic E-state index is 0.0483. The number of hydrogen-bond acceptors (Lipinski definition) is 5. The fourth-order valence-electron chi connectivity index (χ4n) is 2.76. The summed E-state index contributed by atoms with van der Waals surface area (Å²) in [7, 11) is 0. The van der Waals surface area contributed by atoms with Gasteiger partial charge < -0.3 is 10.6 Å². The van der Waals surface area contributed by atoms with Crippen molar-refractivity contribution in [2.24, 2.45) is 0 Å². The molecule has 2 aromatic carbocycles. The second kappa shape index (κ2) is 7.60. The lowest BCUT2D eigenvalue weighted by molar-refractivity contribution is -0.383. The van der Waals surface area contributed by atoms with Crippen LogP contribution in [0.3, 0.4) is 0 Å². The third-order valence-corrected chi connectivity index (χ3v) is 3.95. The number of rotatable bonds is 6.